The van der Waals surface area contributed by atoms with E-state index in [-0.39, 0.29) is 11.7 Å². The summed E-state index contributed by atoms with van der Waals surface area (Å²) in [5.74, 6) is 1.85. The number of anilines is 2. The van der Waals surface area contributed by atoms with Crippen LogP contribution in [0.5, 0.6) is 0 Å². The van der Waals surface area contributed by atoms with Crippen LogP contribution < -0.4 is 10.6 Å². The third-order valence-electron chi connectivity index (χ3n) is 7.10. The van der Waals surface area contributed by atoms with Gasteiger partial charge >= 0.3 is 0 Å². The van der Waals surface area contributed by atoms with Gasteiger partial charge in [-0.25, -0.2) is 9.97 Å². The van der Waals surface area contributed by atoms with Crippen LogP contribution in [0.2, 0.25) is 0 Å². The zero-order chi connectivity index (χ0) is 25.2. The molecule has 9 heteroatoms. The van der Waals surface area contributed by atoms with Gasteiger partial charge in [0.1, 0.15) is 16.3 Å². The first-order valence-corrected chi connectivity index (χ1v) is 12.9. The fraction of sp³-hybridized carbons (Fsp3) is 0.538. The summed E-state index contributed by atoms with van der Waals surface area (Å²) in [6.45, 7) is 12.7. The topological polar surface area (TPSA) is 94.1 Å². The average Bonchev–Trinajstić information content (AvgIpc) is 3.48. The fourth-order valence-corrected chi connectivity index (χ4v) is 5.77. The summed E-state index contributed by atoms with van der Waals surface area (Å²) in [6.07, 6.45) is 6.68. The van der Waals surface area contributed by atoms with Crippen LogP contribution in [0, 0.1) is 19.8 Å². The normalized spacial score (nSPS) is 19.1. The molecule has 0 aliphatic heterocycles. The summed E-state index contributed by atoms with van der Waals surface area (Å²) >= 11 is 1.65. The third-order valence-corrected chi connectivity index (χ3v) is 8.14. The fourth-order valence-electron chi connectivity index (χ4n) is 4.66. The van der Waals surface area contributed by atoms with Gasteiger partial charge in [-0.05, 0) is 58.9 Å². The summed E-state index contributed by atoms with van der Waals surface area (Å²) in [5, 5.41) is 7.95. The number of hydrogen-bond donors (Lipinski definition) is 2. The molecule has 1 aliphatic carbocycles. The number of thiazole rings is 1. The number of aryl methyl sites for hydroxylation is 2. The number of ether oxygens (including phenoxy) is 2. The number of hydrogen-bond acceptors (Lipinski definition) is 9. The van der Waals surface area contributed by atoms with Gasteiger partial charge in [0, 0.05) is 33.0 Å². The van der Waals surface area contributed by atoms with E-state index in [1.165, 1.54) is 0 Å². The molecule has 3 heterocycles. The molecule has 0 amide bonds. The molecular weight excluding hydrogens is 460 g/mol. The van der Waals surface area contributed by atoms with Crippen LogP contribution in [0.15, 0.2) is 24.9 Å². The maximum absolute atomic E-state index is 5.77. The van der Waals surface area contributed by atoms with Crippen molar-refractivity contribution in [3.8, 4) is 10.6 Å². The Morgan fingerprint density at radius 1 is 1.20 bits per heavy atom. The van der Waals surface area contributed by atoms with E-state index >= 15 is 0 Å². The van der Waals surface area contributed by atoms with E-state index < -0.39 is 0 Å². The van der Waals surface area contributed by atoms with Crippen LogP contribution in [-0.4, -0.2) is 58.4 Å². The zero-order valence-corrected chi connectivity index (χ0v) is 22.3. The molecule has 0 bridgehead atoms. The molecule has 3 aromatic rings. The predicted octanol–water partition coefficient (Wildman–Crippen LogP) is 5.38. The Kier molecular flexibility index (Phi) is 7.68. The highest BCUT2D eigenvalue weighted by molar-refractivity contribution is 7.21. The van der Waals surface area contributed by atoms with E-state index in [0.29, 0.717) is 24.5 Å². The van der Waals surface area contributed by atoms with Gasteiger partial charge in [-0.3, -0.25) is 4.98 Å². The summed E-state index contributed by atoms with van der Waals surface area (Å²) in [7, 11) is 3.46. The second kappa shape index (κ2) is 10.6. The van der Waals surface area contributed by atoms with E-state index in [0.717, 1.165) is 57.3 Å². The molecule has 1 saturated carbocycles. The SMILES string of the molecule is C=C[C@H](CNc1nc(C)c(-c2nc3c(C)nccc3s2)c(N[C@H]2CC[C@@H](C(C)(C)OC)C2)n1)OC. The smallest absolute Gasteiger partial charge is 0.225 e. The number of methoxy groups -OCH3 is 2. The van der Waals surface area contributed by atoms with Gasteiger partial charge in [-0.1, -0.05) is 6.08 Å². The number of aromatic nitrogens is 4. The van der Waals surface area contributed by atoms with E-state index in [4.69, 9.17) is 24.4 Å². The Labute approximate surface area is 211 Å². The van der Waals surface area contributed by atoms with E-state index in [1.54, 1.807) is 31.6 Å². The third kappa shape index (κ3) is 5.47. The van der Waals surface area contributed by atoms with Gasteiger partial charge in [0.15, 0.2) is 0 Å². The molecule has 4 rings (SSSR count). The minimum atomic E-state index is -0.148. The lowest BCUT2D eigenvalue weighted by molar-refractivity contribution is -0.0258. The Bertz CT molecular complexity index is 1190. The van der Waals surface area contributed by atoms with Crippen LogP contribution in [0.1, 0.15) is 44.5 Å². The van der Waals surface area contributed by atoms with Crippen molar-refractivity contribution in [2.75, 3.05) is 31.4 Å². The van der Waals surface area contributed by atoms with Crippen LogP contribution >= 0.6 is 11.3 Å². The van der Waals surface area contributed by atoms with E-state index in [2.05, 4.69) is 36.0 Å². The van der Waals surface area contributed by atoms with Crippen molar-refractivity contribution in [1.82, 2.24) is 19.9 Å². The van der Waals surface area contributed by atoms with Gasteiger partial charge in [0.05, 0.1) is 33.4 Å². The molecular formula is C26H36N6O2S. The molecule has 0 saturated heterocycles. The lowest BCUT2D eigenvalue weighted by atomic mass is 9.89. The molecule has 0 unspecified atom stereocenters. The standard InChI is InChI=1S/C26H36N6O2S/c1-8-19(33-6)14-28-25-29-15(2)21(24-31-22-16(3)27-12-11-20(22)35-24)23(32-25)30-18-10-9-17(13-18)26(4,5)34-7/h8,11-12,17-19H,1,9-10,13-14H2,2-7H3,(H2,28,29,30,32)/t17-,18+,19-/m1/s1. The van der Waals surface area contributed by atoms with Crippen molar-refractivity contribution >= 4 is 33.3 Å². The molecule has 1 fully saturated rings. The largest absolute Gasteiger partial charge is 0.379 e. The molecule has 0 aromatic carbocycles. The molecule has 0 spiro atoms. The first kappa shape index (κ1) is 25.5. The van der Waals surface area contributed by atoms with Crippen molar-refractivity contribution in [2.45, 2.75) is 64.7 Å². The highest BCUT2D eigenvalue weighted by Gasteiger charge is 2.36. The van der Waals surface area contributed by atoms with E-state index in [1.807, 2.05) is 26.1 Å². The first-order valence-electron chi connectivity index (χ1n) is 12.1. The van der Waals surface area contributed by atoms with Gasteiger partial charge in [-0.15, -0.1) is 17.9 Å². The van der Waals surface area contributed by atoms with Gasteiger partial charge < -0.3 is 20.1 Å². The Morgan fingerprint density at radius 2 is 2.00 bits per heavy atom. The van der Waals surface area contributed by atoms with Crippen molar-refractivity contribution in [1.29, 1.82) is 0 Å². The Morgan fingerprint density at radius 3 is 2.69 bits per heavy atom. The minimum absolute atomic E-state index is 0.124. The van der Waals surface area contributed by atoms with Crippen molar-refractivity contribution < 1.29 is 9.47 Å². The molecule has 3 atom stereocenters. The maximum Gasteiger partial charge on any atom is 0.225 e. The number of nitrogens with zero attached hydrogens (tertiary/aromatic N) is 4. The average molecular weight is 497 g/mol. The Hall–Kier alpha value is -2.62. The molecule has 2 N–H and O–H groups in total. The van der Waals surface area contributed by atoms with Crippen molar-refractivity contribution in [3.05, 3.63) is 36.3 Å². The molecule has 8 nitrogen and oxygen atoms in total. The summed E-state index contributed by atoms with van der Waals surface area (Å²) in [6, 6.07) is 2.31. The number of rotatable bonds is 10. The van der Waals surface area contributed by atoms with Crippen LogP contribution in [0.3, 0.4) is 0 Å². The lowest BCUT2D eigenvalue weighted by Gasteiger charge is -2.30. The van der Waals surface area contributed by atoms with Gasteiger partial charge in [-0.2, -0.15) is 4.98 Å². The monoisotopic (exact) mass is 496 g/mol. The number of fused-ring (bicyclic) bond motifs is 1. The van der Waals surface area contributed by atoms with Gasteiger partial charge in [0.2, 0.25) is 5.95 Å². The highest BCUT2D eigenvalue weighted by Crippen LogP contribution is 2.40. The molecule has 0 radical (unpaired) electrons. The van der Waals surface area contributed by atoms with Gasteiger partial charge in [0.25, 0.3) is 0 Å². The number of pyridine rings is 1. The minimum Gasteiger partial charge on any atom is -0.379 e. The van der Waals surface area contributed by atoms with E-state index in [9.17, 15) is 0 Å². The second-order valence-corrected chi connectivity index (χ2v) is 10.7. The van der Waals surface area contributed by atoms with Crippen molar-refractivity contribution in [2.24, 2.45) is 5.92 Å². The second-order valence-electron chi connectivity index (χ2n) is 9.67. The summed E-state index contributed by atoms with van der Waals surface area (Å²) in [4.78, 5) is 19.0. The maximum atomic E-state index is 5.77. The number of nitrogens with one attached hydrogen (secondary N) is 2. The van der Waals surface area contributed by atoms with Crippen LogP contribution in [0.25, 0.3) is 20.8 Å². The Balaban J connectivity index is 1.69. The quantitative estimate of drug-likeness (QED) is 0.361. The van der Waals surface area contributed by atoms with Crippen LogP contribution in [-0.2, 0) is 9.47 Å². The summed E-state index contributed by atoms with van der Waals surface area (Å²) in [5.41, 5.74) is 3.51. The molecule has 188 valence electrons. The predicted molar refractivity (Wildman–Crippen MR) is 143 cm³/mol. The zero-order valence-electron chi connectivity index (χ0n) is 21.5. The molecule has 3 aromatic heterocycles. The molecule has 1 aliphatic rings. The summed E-state index contributed by atoms with van der Waals surface area (Å²) < 4.78 is 12.3. The highest BCUT2D eigenvalue weighted by atomic mass is 32.1. The van der Waals surface area contributed by atoms with Crippen LogP contribution in [0.4, 0.5) is 11.8 Å². The molecule has 35 heavy (non-hydrogen) atoms. The van der Waals surface area contributed by atoms with Crippen molar-refractivity contribution in [3.63, 3.8) is 0 Å². The first-order chi connectivity index (χ1) is 16.7. The lowest BCUT2D eigenvalue weighted by Crippen LogP contribution is -2.32.